The van der Waals surface area contributed by atoms with E-state index < -0.39 is 0 Å². The zero-order chi connectivity index (χ0) is 9.86. The minimum Gasteiger partial charge on any atom is -0.304 e. The monoisotopic (exact) mass is 185 g/mol. The van der Waals surface area contributed by atoms with E-state index in [4.69, 9.17) is 0 Å². The Morgan fingerprint density at radius 3 is 2.71 bits per heavy atom. The Labute approximate surface area is 85.2 Å². The van der Waals surface area contributed by atoms with Gasteiger partial charge in [0.05, 0.1) is 5.54 Å². The summed E-state index contributed by atoms with van der Waals surface area (Å²) >= 11 is 0. The van der Waals surface area contributed by atoms with Crippen LogP contribution in [0.5, 0.6) is 0 Å². The lowest BCUT2D eigenvalue weighted by molar-refractivity contribution is 0.496. The zero-order valence-electron chi connectivity index (χ0n) is 8.29. The van der Waals surface area contributed by atoms with Crippen LogP contribution in [-0.4, -0.2) is 6.54 Å². The van der Waals surface area contributed by atoms with Crippen LogP contribution in [0.25, 0.3) is 0 Å². The molecule has 1 heterocycles. The third-order valence-corrected chi connectivity index (χ3v) is 2.83. The smallest absolute Gasteiger partial charge is 0.0695 e. The number of benzene rings is 1. The largest absolute Gasteiger partial charge is 0.304 e. The molecule has 1 aliphatic heterocycles. The van der Waals surface area contributed by atoms with Crippen LogP contribution in [0.1, 0.15) is 18.4 Å². The van der Waals surface area contributed by atoms with Crippen molar-refractivity contribution in [3.63, 3.8) is 0 Å². The maximum Gasteiger partial charge on any atom is 0.0695 e. The average molecular weight is 185 g/mol. The predicted molar refractivity (Wildman–Crippen MR) is 59.1 cm³/mol. The van der Waals surface area contributed by atoms with Crippen molar-refractivity contribution in [2.45, 2.75) is 18.4 Å². The molecule has 1 aromatic carbocycles. The summed E-state index contributed by atoms with van der Waals surface area (Å²) in [6.45, 7) is 4.75. The van der Waals surface area contributed by atoms with Gasteiger partial charge in [-0.1, -0.05) is 36.9 Å². The van der Waals surface area contributed by atoms with E-state index in [1.165, 1.54) is 12.0 Å². The maximum atomic E-state index is 3.67. The number of nitrogens with one attached hydrogen (secondary N) is 1. The Bertz CT molecular complexity index is 341. The Hall–Kier alpha value is -1.30. The first kappa shape index (κ1) is 9.26. The van der Waals surface area contributed by atoms with Crippen molar-refractivity contribution in [3.8, 4) is 0 Å². The van der Waals surface area contributed by atoms with E-state index in [9.17, 15) is 0 Å². The second-order valence-electron chi connectivity index (χ2n) is 3.72. The first-order valence-corrected chi connectivity index (χ1v) is 5.05. The van der Waals surface area contributed by atoms with E-state index >= 15 is 0 Å². The molecule has 1 saturated heterocycles. The number of hydrogen-bond acceptors (Lipinski definition) is 1. The molecule has 0 radical (unpaired) electrons. The highest BCUT2D eigenvalue weighted by atomic mass is 15.0. The molecular weight excluding hydrogens is 170 g/mol. The van der Waals surface area contributed by atoms with Crippen LogP contribution < -0.4 is 5.32 Å². The van der Waals surface area contributed by atoms with Crippen molar-refractivity contribution in [2.24, 2.45) is 0 Å². The molecule has 1 heteroatoms. The highest BCUT2D eigenvalue weighted by molar-refractivity contribution is 5.30. The molecule has 1 unspecified atom stereocenters. The first-order valence-electron chi connectivity index (χ1n) is 5.05. The lowest BCUT2D eigenvalue weighted by atomic mass is 9.88. The number of hydrogen-bond donors (Lipinski definition) is 1. The Morgan fingerprint density at radius 2 is 2.14 bits per heavy atom. The van der Waals surface area contributed by atoms with Gasteiger partial charge in [0.15, 0.2) is 0 Å². The van der Waals surface area contributed by atoms with Gasteiger partial charge >= 0.3 is 0 Å². The Kier molecular flexibility index (Phi) is 2.53. The summed E-state index contributed by atoms with van der Waals surface area (Å²) in [4.78, 5) is 0. The van der Waals surface area contributed by atoms with Crippen LogP contribution in [-0.2, 0) is 5.54 Å². The minimum atomic E-state index is -0.0109. The standard InChI is InChI=1S/C13H15N/c1-2-9-13(10-6-11-14-13)12-7-4-3-5-8-12/h3-5,7-9,14H,1,6,10-11H2. The van der Waals surface area contributed by atoms with Crippen LogP contribution >= 0.6 is 0 Å². The highest BCUT2D eigenvalue weighted by Crippen LogP contribution is 2.31. The molecule has 1 nitrogen and oxygen atoms in total. The fourth-order valence-corrected chi connectivity index (χ4v) is 2.13. The fourth-order valence-electron chi connectivity index (χ4n) is 2.13. The normalized spacial score (nSPS) is 25.7. The van der Waals surface area contributed by atoms with Gasteiger partial charge in [-0.3, -0.25) is 0 Å². The van der Waals surface area contributed by atoms with Gasteiger partial charge in [-0.05, 0) is 31.0 Å². The van der Waals surface area contributed by atoms with E-state index in [2.05, 4.69) is 48.0 Å². The molecule has 0 aromatic heterocycles. The summed E-state index contributed by atoms with van der Waals surface area (Å²) < 4.78 is 0. The third-order valence-electron chi connectivity index (χ3n) is 2.83. The highest BCUT2D eigenvalue weighted by Gasteiger charge is 2.32. The van der Waals surface area contributed by atoms with Crippen LogP contribution in [0.15, 0.2) is 48.7 Å². The molecule has 1 aliphatic rings. The van der Waals surface area contributed by atoms with Gasteiger partial charge in [-0.25, -0.2) is 0 Å². The maximum absolute atomic E-state index is 3.67. The molecule has 2 rings (SSSR count). The van der Waals surface area contributed by atoms with Gasteiger partial charge in [0.25, 0.3) is 0 Å². The second kappa shape index (κ2) is 3.83. The molecule has 0 amide bonds. The van der Waals surface area contributed by atoms with Crippen molar-refractivity contribution in [1.82, 2.24) is 5.32 Å². The zero-order valence-corrected chi connectivity index (χ0v) is 8.29. The van der Waals surface area contributed by atoms with Crippen molar-refractivity contribution in [3.05, 3.63) is 54.3 Å². The van der Waals surface area contributed by atoms with Crippen molar-refractivity contribution in [1.29, 1.82) is 0 Å². The summed E-state index contributed by atoms with van der Waals surface area (Å²) in [6, 6.07) is 10.5. The van der Waals surface area contributed by atoms with Crippen LogP contribution in [0.4, 0.5) is 0 Å². The Morgan fingerprint density at radius 1 is 1.36 bits per heavy atom. The molecule has 0 bridgehead atoms. The third kappa shape index (κ3) is 1.52. The SMILES string of the molecule is C=C=CC1(c2ccccc2)CCCN1. The van der Waals surface area contributed by atoms with Crippen LogP contribution in [0.3, 0.4) is 0 Å². The Balaban J connectivity index is 2.41. The molecule has 0 spiro atoms. The van der Waals surface area contributed by atoms with E-state index in [0.717, 1.165) is 13.0 Å². The predicted octanol–water partition coefficient (Wildman–Crippen LogP) is 2.61. The lowest BCUT2D eigenvalue weighted by Crippen LogP contribution is -2.34. The molecule has 0 aliphatic carbocycles. The van der Waals surface area contributed by atoms with Gasteiger partial charge in [-0.15, -0.1) is 5.73 Å². The lowest BCUT2D eigenvalue weighted by Gasteiger charge is -2.25. The van der Waals surface area contributed by atoms with Gasteiger partial charge in [-0.2, -0.15) is 0 Å². The average Bonchev–Trinajstić information content (AvgIpc) is 2.70. The molecule has 14 heavy (non-hydrogen) atoms. The summed E-state index contributed by atoms with van der Waals surface area (Å²) in [5.41, 5.74) is 4.21. The van der Waals surface area contributed by atoms with E-state index in [1.807, 2.05) is 6.07 Å². The van der Waals surface area contributed by atoms with Gasteiger partial charge < -0.3 is 5.32 Å². The van der Waals surface area contributed by atoms with Gasteiger partial charge in [0.2, 0.25) is 0 Å². The van der Waals surface area contributed by atoms with E-state index in [1.54, 1.807) is 0 Å². The molecular formula is C13H15N. The summed E-state index contributed by atoms with van der Waals surface area (Å²) in [6.07, 6.45) is 4.40. The van der Waals surface area contributed by atoms with Crippen LogP contribution in [0.2, 0.25) is 0 Å². The topological polar surface area (TPSA) is 12.0 Å². The molecule has 1 aromatic rings. The van der Waals surface area contributed by atoms with Gasteiger partial charge in [0.1, 0.15) is 0 Å². The summed E-state index contributed by atoms with van der Waals surface area (Å²) in [5, 5.41) is 3.53. The summed E-state index contributed by atoms with van der Waals surface area (Å²) in [5.74, 6) is 0. The fraction of sp³-hybridized carbons (Fsp3) is 0.308. The summed E-state index contributed by atoms with van der Waals surface area (Å²) in [7, 11) is 0. The second-order valence-corrected chi connectivity index (χ2v) is 3.72. The van der Waals surface area contributed by atoms with Gasteiger partial charge in [0, 0.05) is 0 Å². The van der Waals surface area contributed by atoms with Crippen molar-refractivity contribution >= 4 is 0 Å². The van der Waals surface area contributed by atoms with E-state index in [-0.39, 0.29) is 5.54 Å². The first-order chi connectivity index (χ1) is 6.87. The van der Waals surface area contributed by atoms with E-state index in [0.29, 0.717) is 0 Å². The van der Waals surface area contributed by atoms with Crippen molar-refractivity contribution in [2.75, 3.05) is 6.54 Å². The van der Waals surface area contributed by atoms with Crippen molar-refractivity contribution < 1.29 is 0 Å². The number of rotatable bonds is 2. The van der Waals surface area contributed by atoms with Crippen LogP contribution in [0, 0.1) is 0 Å². The molecule has 1 N–H and O–H groups in total. The minimum absolute atomic E-state index is 0.0109. The molecule has 1 atom stereocenters. The molecule has 72 valence electrons. The molecule has 0 saturated carbocycles. The molecule has 1 fully saturated rings. The quantitative estimate of drug-likeness (QED) is 0.698.